The first-order valence-electron chi connectivity index (χ1n) is 4.40. The topological polar surface area (TPSA) is 102 Å². The molecule has 1 rings (SSSR count). The van der Waals surface area contributed by atoms with Crippen molar-refractivity contribution >= 4 is 11.7 Å². The maximum atomic E-state index is 11.4. The van der Waals surface area contributed by atoms with Crippen molar-refractivity contribution in [1.29, 1.82) is 5.26 Å². The highest BCUT2D eigenvalue weighted by Crippen LogP contribution is 2.28. The van der Waals surface area contributed by atoms with Crippen LogP contribution in [0.15, 0.2) is 12.1 Å². The van der Waals surface area contributed by atoms with E-state index in [-0.39, 0.29) is 16.9 Å². The molecule has 1 aromatic carbocycles. The zero-order valence-electron chi connectivity index (χ0n) is 9.09. The third-order valence-corrected chi connectivity index (χ3v) is 2.03. The van der Waals surface area contributed by atoms with Gasteiger partial charge in [-0.1, -0.05) is 0 Å². The number of hydrogen-bond acceptors (Lipinski definition) is 6. The van der Waals surface area contributed by atoms with E-state index in [1.807, 2.05) is 0 Å². The molecule has 0 spiro atoms. The summed E-state index contributed by atoms with van der Waals surface area (Å²) in [5.74, 6) is -0.809. The Hall–Kier alpha value is -2.62. The van der Waals surface area contributed by atoms with E-state index in [0.717, 1.165) is 13.2 Å². The van der Waals surface area contributed by atoms with Gasteiger partial charge in [-0.15, -0.1) is 0 Å². The molecule has 1 aromatic rings. The summed E-state index contributed by atoms with van der Waals surface area (Å²) >= 11 is 0. The van der Waals surface area contributed by atoms with Crippen LogP contribution in [0.3, 0.4) is 0 Å². The molecule has 0 N–H and O–H groups in total. The van der Waals surface area contributed by atoms with Crippen LogP contribution in [0.25, 0.3) is 0 Å². The number of nitro benzene ring substituents is 1. The molecule has 17 heavy (non-hydrogen) atoms. The molecule has 0 aliphatic carbocycles. The fraction of sp³-hybridized carbons (Fsp3) is 0.200. The van der Waals surface area contributed by atoms with Crippen LogP contribution in [0, 0.1) is 21.4 Å². The summed E-state index contributed by atoms with van der Waals surface area (Å²) in [6.45, 7) is 0. The van der Waals surface area contributed by atoms with Crippen LogP contribution in [-0.4, -0.2) is 25.1 Å². The van der Waals surface area contributed by atoms with Crippen LogP contribution in [0.1, 0.15) is 15.9 Å². The van der Waals surface area contributed by atoms with Gasteiger partial charge in [0.05, 0.1) is 30.8 Å². The fourth-order valence-electron chi connectivity index (χ4n) is 1.27. The third-order valence-electron chi connectivity index (χ3n) is 2.03. The van der Waals surface area contributed by atoms with Gasteiger partial charge in [-0.25, -0.2) is 4.79 Å². The summed E-state index contributed by atoms with van der Waals surface area (Å²) in [7, 11) is 2.38. The van der Waals surface area contributed by atoms with Crippen molar-refractivity contribution in [2.45, 2.75) is 0 Å². The Kier molecular flexibility index (Phi) is 3.62. The number of nitrogens with zero attached hydrogens (tertiary/aromatic N) is 2. The van der Waals surface area contributed by atoms with Crippen LogP contribution < -0.4 is 4.74 Å². The zero-order chi connectivity index (χ0) is 13.0. The van der Waals surface area contributed by atoms with Crippen LogP contribution in [0.4, 0.5) is 5.69 Å². The molecule has 0 aliphatic heterocycles. The molecule has 0 unspecified atom stereocenters. The third kappa shape index (κ3) is 2.31. The lowest BCUT2D eigenvalue weighted by Crippen LogP contribution is -2.08. The number of nitro groups is 1. The average molecular weight is 236 g/mol. The summed E-state index contributed by atoms with van der Waals surface area (Å²) in [4.78, 5) is 21.4. The lowest BCUT2D eigenvalue weighted by molar-refractivity contribution is -0.385. The van der Waals surface area contributed by atoms with Gasteiger partial charge in [0, 0.05) is 0 Å². The second-order valence-corrected chi connectivity index (χ2v) is 2.93. The van der Waals surface area contributed by atoms with E-state index in [1.54, 1.807) is 6.07 Å². The van der Waals surface area contributed by atoms with Gasteiger partial charge >= 0.3 is 5.97 Å². The van der Waals surface area contributed by atoms with Crippen molar-refractivity contribution < 1.29 is 19.2 Å². The second kappa shape index (κ2) is 4.94. The van der Waals surface area contributed by atoms with Gasteiger partial charge in [0.25, 0.3) is 5.69 Å². The smallest absolute Gasteiger partial charge is 0.346 e. The standard InChI is InChI=1S/C10H8N2O5/c1-16-7-3-6(5-11)9(10(13)17-2)8(4-7)12(14)15/h3-4H,1-2H3. The van der Waals surface area contributed by atoms with Crippen LogP contribution in [0.5, 0.6) is 5.75 Å². The first-order chi connectivity index (χ1) is 8.04. The molecule has 0 aliphatic rings. The van der Waals surface area contributed by atoms with E-state index >= 15 is 0 Å². The molecule has 0 radical (unpaired) electrons. The van der Waals surface area contributed by atoms with Gasteiger partial charge < -0.3 is 9.47 Å². The molecule has 0 heterocycles. The number of rotatable bonds is 3. The number of benzene rings is 1. The Morgan fingerprint density at radius 1 is 1.47 bits per heavy atom. The Bertz CT molecular complexity index is 518. The summed E-state index contributed by atoms with van der Waals surface area (Å²) in [6, 6.07) is 3.99. The predicted molar refractivity (Wildman–Crippen MR) is 55.7 cm³/mol. The maximum Gasteiger partial charge on any atom is 0.346 e. The number of carbonyl (C=O) groups excluding carboxylic acids is 1. The predicted octanol–water partition coefficient (Wildman–Crippen LogP) is 1.26. The minimum Gasteiger partial charge on any atom is -0.496 e. The van der Waals surface area contributed by atoms with Crippen molar-refractivity contribution in [2.24, 2.45) is 0 Å². The van der Waals surface area contributed by atoms with Crippen molar-refractivity contribution in [3.63, 3.8) is 0 Å². The molecule has 88 valence electrons. The molecule has 0 fully saturated rings. The maximum absolute atomic E-state index is 11.4. The first-order valence-corrected chi connectivity index (χ1v) is 4.40. The summed E-state index contributed by atoms with van der Waals surface area (Å²) < 4.78 is 9.22. The van der Waals surface area contributed by atoms with Crippen molar-refractivity contribution in [3.05, 3.63) is 33.4 Å². The molecule has 7 nitrogen and oxygen atoms in total. The quantitative estimate of drug-likeness (QED) is 0.444. The van der Waals surface area contributed by atoms with E-state index in [9.17, 15) is 14.9 Å². The van der Waals surface area contributed by atoms with Crippen molar-refractivity contribution in [3.8, 4) is 11.8 Å². The van der Waals surface area contributed by atoms with Gasteiger partial charge in [0.2, 0.25) is 0 Å². The highest BCUT2D eigenvalue weighted by Gasteiger charge is 2.26. The van der Waals surface area contributed by atoms with Crippen LogP contribution >= 0.6 is 0 Å². The number of nitriles is 1. The lowest BCUT2D eigenvalue weighted by Gasteiger charge is -2.05. The van der Waals surface area contributed by atoms with Gasteiger partial charge in [-0.05, 0) is 6.07 Å². The molecule has 0 amide bonds. The summed E-state index contributed by atoms with van der Waals surface area (Å²) in [6.07, 6.45) is 0. The van der Waals surface area contributed by atoms with Gasteiger partial charge in [0.15, 0.2) is 5.56 Å². The number of hydrogen-bond donors (Lipinski definition) is 0. The Balaban J connectivity index is 3.59. The summed E-state index contributed by atoms with van der Waals surface area (Å²) in [5.41, 5.74) is -1.06. The lowest BCUT2D eigenvalue weighted by atomic mass is 10.1. The first kappa shape index (κ1) is 12.4. The summed E-state index contributed by atoms with van der Waals surface area (Å²) in [5, 5.41) is 19.7. The second-order valence-electron chi connectivity index (χ2n) is 2.93. The number of methoxy groups -OCH3 is 2. The monoisotopic (exact) mass is 236 g/mol. The SMILES string of the molecule is COC(=O)c1c(C#N)cc(OC)cc1[N+](=O)[O-]. The van der Waals surface area contributed by atoms with E-state index in [2.05, 4.69) is 4.74 Å². The van der Waals surface area contributed by atoms with E-state index < -0.39 is 16.6 Å². The van der Waals surface area contributed by atoms with E-state index in [1.165, 1.54) is 13.2 Å². The Morgan fingerprint density at radius 3 is 2.53 bits per heavy atom. The number of esters is 1. The van der Waals surface area contributed by atoms with Gasteiger partial charge in [-0.2, -0.15) is 5.26 Å². The molecule has 0 saturated carbocycles. The van der Waals surface area contributed by atoms with E-state index in [0.29, 0.717) is 0 Å². The van der Waals surface area contributed by atoms with E-state index in [4.69, 9.17) is 10.00 Å². The normalized spacial score (nSPS) is 9.24. The molecule has 0 bridgehead atoms. The highest BCUT2D eigenvalue weighted by atomic mass is 16.6. The van der Waals surface area contributed by atoms with Gasteiger partial charge in [-0.3, -0.25) is 10.1 Å². The molecule has 7 heteroatoms. The molecule has 0 atom stereocenters. The molecule has 0 aromatic heterocycles. The minimum absolute atomic E-state index is 0.126. The van der Waals surface area contributed by atoms with Crippen molar-refractivity contribution in [1.82, 2.24) is 0 Å². The van der Waals surface area contributed by atoms with Crippen LogP contribution in [-0.2, 0) is 4.74 Å². The van der Waals surface area contributed by atoms with Gasteiger partial charge in [0.1, 0.15) is 11.8 Å². The molecular weight excluding hydrogens is 228 g/mol. The minimum atomic E-state index is -0.934. The van der Waals surface area contributed by atoms with Crippen LogP contribution in [0.2, 0.25) is 0 Å². The zero-order valence-corrected chi connectivity index (χ0v) is 9.09. The Morgan fingerprint density at radius 2 is 2.12 bits per heavy atom. The largest absolute Gasteiger partial charge is 0.496 e. The number of ether oxygens (including phenoxy) is 2. The Labute approximate surface area is 96.3 Å². The highest BCUT2D eigenvalue weighted by molar-refractivity contribution is 5.97. The number of carbonyl (C=O) groups is 1. The average Bonchev–Trinajstić information content (AvgIpc) is 2.35. The molecule has 0 saturated heterocycles. The fourth-order valence-corrected chi connectivity index (χ4v) is 1.27. The van der Waals surface area contributed by atoms with Crippen molar-refractivity contribution in [2.75, 3.05) is 14.2 Å². The molecular formula is C10H8N2O5.